The lowest BCUT2D eigenvalue weighted by Gasteiger charge is -2.12. The first kappa shape index (κ1) is 15.4. The molecule has 1 aromatic rings. The number of amides is 1. The van der Waals surface area contributed by atoms with Crippen LogP contribution in [0.25, 0.3) is 0 Å². The lowest BCUT2D eigenvalue weighted by Crippen LogP contribution is -2.24. The van der Waals surface area contributed by atoms with E-state index in [4.69, 9.17) is 0 Å². The Hall–Kier alpha value is -1.63. The van der Waals surface area contributed by atoms with Gasteiger partial charge in [-0.1, -0.05) is 0 Å². The third-order valence-electron chi connectivity index (χ3n) is 2.51. The van der Waals surface area contributed by atoms with Crippen LogP contribution in [0, 0.1) is 15.9 Å². The average molecular weight is 286 g/mol. The van der Waals surface area contributed by atoms with Gasteiger partial charge in [0.1, 0.15) is 5.82 Å². The molecule has 0 aromatic heterocycles. The van der Waals surface area contributed by atoms with E-state index in [0.717, 1.165) is 0 Å². The predicted molar refractivity (Wildman–Crippen MR) is 72.2 cm³/mol. The van der Waals surface area contributed by atoms with Crippen LogP contribution in [0.15, 0.2) is 24.3 Å². The summed E-state index contributed by atoms with van der Waals surface area (Å²) in [6, 6.07) is 4.26. The van der Waals surface area contributed by atoms with E-state index in [2.05, 4.69) is 0 Å². The maximum absolute atomic E-state index is 12.8. The number of hydrogen-bond donors (Lipinski definition) is 0. The molecule has 0 aliphatic carbocycles. The zero-order valence-electron chi connectivity index (χ0n) is 10.7. The van der Waals surface area contributed by atoms with Gasteiger partial charge < -0.3 is 4.90 Å². The van der Waals surface area contributed by atoms with Crippen LogP contribution in [-0.2, 0) is 4.79 Å². The quantitative estimate of drug-likeness (QED) is 0.592. The Morgan fingerprint density at radius 3 is 2.47 bits per heavy atom. The van der Waals surface area contributed by atoms with Gasteiger partial charge in [-0.25, -0.2) is 4.39 Å². The number of hydrogen-bond acceptors (Lipinski definition) is 4. The zero-order chi connectivity index (χ0) is 14.4. The van der Waals surface area contributed by atoms with Crippen molar-refractivity contribution in [3.8, 4) is 0 Å². The highest BCUT2D eigenvalue weighted by atomic mass is 32.2. The van der Waals surface area contributed by atoms with Crippen molar-refractivity contribution in [3.63, 3.8) is 0 Å². The normalized spacial score (nSPS) is 11.9. The Labute approximate surface area is 114 Å². The van der Waals surface area contributed by atoms with E-state index >= 15 is 0 Å². The summed E-state index contributed by atoms with van der Waals surface area (Å²) in [5.41, 5.74) is 0.441. The molecule has 1 rings (SSSR count). The van der Waals surface area contributed by atoms with Gasteiger partial charge in [0, 0.05) is 24.6 Å². The van der Waals surface area contributed by atoms with Crippen LogP contribution < -0.4 is 0 Å². The fraction of sp³-hybridized carbons (Fsp3) is 0.417. The van der Waals surface area contributed by atoms with Crippen LogP contribution in [0.4, 0.5) is 4.39 Å². The Kier molecular flexibility index (Phi) is 5.75. The second kappa shape index (κ2) is 7.08. The van der Waals surface area contributed by atoms with E-state index < -0.39 is 16.8 Å². The smallest absolute Gasteiger partial charge is 0.247 e. The molecule has 0 fully saturated rings. The molecule has 0 radical (unpaired) electrons. The highest BCUT2D eigenvalue weighted by Gasteiger charge is 2.23. The van der Waals surface area contributed by atoms with E-state index in [1.165, 1.54) is 40.9 Å². The minimum Gasteiger partial charge on any atom is -0.348 e. The molecule has 1 unspecified atom stereocenters. The largest absolute Gasteiger partial charge is 0.348 e. The Balaban J connectivity index is 2.62. The van der Waals surface area contributed by atoms with Crippen LogP contribution in [0.1, 0.15) is 11.6 Å². The monoisotopic (exact) mass is 286 g/mol. The molecule has 1 atom stereocenters. The first-order valence-corrected chi connectivity index (χ1v) is 6.74. The molecule has 0 saturated carbocycles. The number of carbonyl (C=O) groups excluding carboxylic acids is 1. The average Bonchev–Trinajstić information content (AvgIpc) is 2.35. The van der Waals surface area contributed by atoms with Gasteiger partial charge in [0.25, 0.3) is 0 Å². The van der Waals surface area contributed by atoms with Crippen molar-refractivity contribution in [2.75, 3.05) is 25.6 Å². The number of thioether (sulfide) groups is 1. The fourth-order valence-corrected chi connectivity index (χ4v) is 2.44. The van der Waals surface area contributed by atoms with Gasteiger partial charge in [0.05, 0.1) is 11.5 Å². The lowest BCUT2D eigenvalue weighted by molar-refractivity contribution is -0.522. The first-order valence-electron chi connectivity index (χ1n) is 5.58. The Morgan fingerprint density at radius 2 is 2.00 bits per heavy atom. The summed E-state index contributed by atoms with van der Waals surface area (Å²) in [4.78, 5) is 23.4. The molecule has 0 bridgehead atoms. The van der Waals surface area contributed by atoms with Gasteiger partial charge in [-0.2, -0.15) is 0 Å². The molecule has 0 aliphatic heterocycles. The minimum absolute atomic E-state index is 0.0915. The summed E-state index contributed by atoms with van der Waals surface area (Å²) in [6.45, 7) is 0. The van der Waals surface area contributed by atoms with Crippen molar-refractivity contribution < 1.29 is 14.1 Å². The van der Waals surface area contributed by atoms with Crippen molar-refractivity contribution in [3.05, 3.63) is 45.8 Å². The van der Waals surface area contributed by atoms with E-state index in [1.54, 1.807) is 14.1 Å². The highest BCUT2D eigenvalue weighted by Crippen LogP contribution is 2.22. The van der Waals surface area contributed by atoms with E-state index in [0.29, 0.717) is 5.56 Å². The van der Waals surface area contributed by atoms with Crippen molar-refractivity contribution in [2.45, 2.75) is 6.04 Å². The summed E-state index contributed by atoms with van der Waals surface area (Å²) in [7, 11) is 3.27. The van der Waals surface area contributed by atoms with Gasteiger partial charge in [0.15, 0.2) is 0 Å². The molecular formula is C12H15FN2O3S. The third-order valence-corrected chi connectivity index (χ3v) is 3.51. The summed E-state index contributed by atoms with van der Waals surface area (Å²) >= 11 is 1.20. The molecule has 104 valence electrons. The molecule has 0 saturated heterocycles. The van der Waals surface area contributed by atoms with Gasteiger partial charge in [-0.15, -0.1) is 11.8 Å². The Morgan fingerprint density at radius 1 is 1.42 bits per heavy atom. The molecule has 0 aliphatic rings. The van der Waals surface area contributed by atoms with Crippen LogP contribution in [0.2, 0.25) is 0 Å². The van der Waals surface area contributed by atoms with Crippen molar-refractivity contribution in [1.29, 1.82) is 0 Å². The summed E-state index contributed by atoms with van der Waals surface area (Å²) in [5.74, 6) is -0.149. The highest BCUT2D eigenvalue weighted by molar-refractivity contribution is 7.99. The topological polar surface area (TPSA) is 63.5 Å². The molecule has 0 spiro atoms. The summed E-state index contributed by atoms with van der Waals surface area (Å²) < 4.78 is 12.8. The lowest BCUT2D eigenvalue weighted by atomic mass is 10.1. The van der Waals surface area contributed by atoms with E-state index in [-0.39, 0.29) is 17.4 Å². The van der Waals surface area contributed by atoms with Gasteiger partial charge in [0.2, 0.25) is 11.9 Å². The fourth-order valence-electron chi connectivity index (χ4n) is 1.35. The molecule has 1 aromatic carbocycles. The van der Waals surface area contributed by atoms with Crippen LogP contribution in [0.3, 0.4) is 0 Å². The standard InChI is InChI=1S/C12H15FN2O3S/c1-14(2)12(16)8-19-7-11(15(17)18)9-3-5-10(13)6-4-9/h3-6,11H,7-8H2,1-2H3. The Bertz CT molecular complexity index is 451. The van der Waals surface area contributed by atoms with E-state index in [9.17, 15) is 19.3 Å². The third kappa shape index (κ3) is 4.86. The molecular weight excluding hydrogens is 271 g/mol. The van der Waals surface area contributed by atoms with Gasteiger partial charge in [-0.05, 0) is 24.3 Å². The SMILES string of the molecule is CN(C)C(=O)CSCC(c1ccc(F)cc1)[N+](=O)[O-]. The van der Waals surface area contributed by atoms with E-state index in [1.807, 2.05) is 0 Å². The molecule has 1 amide bonds. The molecule has 0 heterocycles. The molecule has 19 heavy (non-hydrogen) atoms. The van der Waals surface area contributed by atoms with Crippen molar-refractivity contribution >= 4 is 17.7 Å². The predicted octanol–water partition coefficient (Wildman–Crippen LogP) is 1.96. The number of halogens is 1. The van der Waals surface area contributed by atoms with Crippen molar-refractivity contribution in [1.82, 2.24) is 4.90 Å². The van der Waals surface area contributed by atoms with Crippen LogP contribution >= 0.6 is 11.8 Å². The molecule has 7 heteroatoms. The van der Waals surface area contributed by atoms with Crippen LogP contribution in [0.5, 0.6) is 0 Å². The maximum Gasteiger partial charge on any atom is 0.247 e. The second-order valence-electron chi connectivity index (χ2n) is 4.16. The number of rotatable bonds is 6. The molecule has 0 N–H and O–H groups in total. The summed E-state index contributed by atoms with van der Waals surface area (Å²) in [5, 5.41) is 11.0. The van der Waals surface area contributed by atoms with Gasteiger partial charge in [-0.3, -0.25) is 14.9 Å². The maximum atomic E-state index is 12.8. The number of benzene rings is 1. The zero-order valence-corrected chi connectivity index (χ0v) is 11.5. The first-order chi connectivity index (χ1) is 8.91. The van der Waals surface area contributed by atoms with Crippen LogP contribution in [-0.4, -0.2) is 41.3 Å². The molecule has 5 nitrogen and oxygen atoms in total. The number of nitrogens with zero attached hydrogens (tertiary/aromatic N) is 2. The van der Waals surface area contributed by atoms with Gasteiger partial charge >= 0.3 is 0 Å². The van der Waals surface area contributed by atoms with Crippen molar-refractivity contribution in [2.24, 2.45) is 0 Å². The minimum atomic E-state index is -0.930. The number of carbonyl (C=O) groups is 1. The number of nitro groups is 1. The second-order valence-corrected chi connectivity index (χ2v) is 5.19. The summed E-state index contributed by atoms with van der Waals surface area (Å²) in [6.07, 6.45) is 0.